The van der Waals surface area contributed by atoms with Crippen LogP contribution in [-0.4, -0.2) is 34.5 Å². The number of H-pyrrole nitrogens is 2. The molecule has 1 saturated carbocycles. The first-order valence-corrected chi connectivity index (χ1v) is 9.94. The lowest BCUT2D eigenvalue weighted by molar-refractivity contribution is 0.715. The fourth-order valence-electron chi connectivity index (χ4n) is 3.92. The number of aryl methyl sites for hydroxylation is 1. The molecule has 6 rings (SSSR count). The van der Waals surface area contributed by atoms with Crippen LogP contribution < -0.4 is 5.69 Å². The summed E-state index contributed by atoms with van der Waals surface area (Å²) in [6, 6.07) is 16.3. The maximum Gasteiger partial charge on any atom is 0.343 e. The van der Waals surface area contributed by atoms with E-state index in [-0.39, 0.29) is 24.1 Å². The van der Waals surface area contributed by atoms with Gasteiger partial charge in [0.2, 0.25) is 0 Å². The quantitative estimate of drug-likeness (QED) is 0.448. The van der Waals surface area contributed by atoms with Crippen LogP contribution in [0.15, 0.2) is 59.5 Å². The van der Waals surface area contributed by atoms with Crippen LogP contribution in [0, 0.1) is 0 Å². The molecule has 0 spiro atoms. The van der Waals surface area contributed by atoms with Gasteiger partial charge in [0.15, 0.2) is 5.82 Å². The minimum absolute atomic E-state index is 0. The molecule has 2 aromatic carbocycles. The first kappa shape index (κ1) is 19.3. The molecule has 0 unspecified atom stereocenters. The molecule has 2 N–H and O–H groups in total. The van der Waals surface area contributed by atoms with Gasteiger partial charge in [0.05, 0.1) is 11.7 Å². The third-order valence-electron chi connectivity index (χ3n) is 5.61. The van der Waals surface area contributed by atoms with Crippen molar-refractivity contribution >= 4 is 23.3 Å². The number of nitrogens with one attached hydrogen (secondary N) is 2. The molecule has 156 valence electrons. The van der Waals surface area contributed by atoms with Crippen molar-refractivity contribution in [2.24, 2.45) is 7.05 Å². The van der Waals surface area contributed by atoms with E-state index in [9.17, 15) is 4.79 Å². The van der Waals surface area contributed by atoms with E-state index in [1.165, 1.54) is 0 Å². The second-order valence-electron chi connectivity index (χ2n) is 7.67. The number of fused-ring (bicyclic) bond motifs is 1. The van der Waals surface area contributed by atoms with Gasteiger partial charge in [-0.1, -0.05) is 42.5 Å². The van der Waals surface area contributed by atoms with Gasteiger partial charge in [-0.2, -0.15) is 10.2 Å². The number of rotatable bonds is 4. The zero-order chi connectivity index (χ0) is 20.2. The standard InChI is InChI=1S/C22H19N7O.ClH/c1-28-17-11-14(7-8-15(17)12-23-28)18-19(21-26-27-22(30)29(21)16-9-10-16)25-20(24-18)13-5-3-2-4-6-13;/h2-8,11-12,16H,9-10H2,1H3,(H,24,25)(H,27,30);1H. The number of aromatic amines is 2. The highest BCUT2D eigenvalue weighted by Gasteiger charge is 2.31. The van der Waals surface area contributed by atoms with Crippen LogP contribution in [0.3, 0.4) is 0 Å². The summed E-state index contributed by atoms with van der Waals surface area (Å²) in [6.07, 6.45) is 3.82. The van der Waals surface area contributed by atoms with Gasteiger partial charge < -0.3 is 4.98 Å². The Morgan fingerprint density at radius 3 is 2.65 bits per heavy atom. The predicted molar refractivity (Wildman–Crippen MR) is 121 cm³/mol. The summed E-state index contributed by atoms with van der Waals surface area (Å²) in [7, 11) is 1.92. The molecule has 3 aromatic heterocycles. The van der Waals surface area contributed by atoms with Crippen molar-refractivity contribution in [3.05, 3.63) is 65.2 Å². The van der Waals surface area contributed by atoms with E-state index in [1.54, 1.807) is 4.57 Å². The fraction of sp³-hybridized carbons (Fsp3) is 0.182. The second kappa shape index (κ2) is 7.24. The Bertz CT molecular complexity index is 1440. The van der Waals surface area contributed by atoms with E-state index >= 15 is 0 Å². The molecule has 8 nitrogen and oxygen atoms in total. The summed E-state index contributed by atoms with van der Waals surface area (Å²) in [6.45, 7) is 0. The van der Waals surface area contributed by atoms with Crippen molar-refractivity contribution in [3.8, 4) is 34.2 Å². The summed E-state index contributed by atoms with van der Waals surface area (Å²) in [5.74, 6) is 1.33. The molecule has 1 fully saturated rings. The Balaban J connectivity index is 0.00000204. The van der Waals surface area contributed by atoms with Crippen molar-refractivity contribution in [3.63, 3.8) is 0 Å². The second-order valence-corrected chi connectivity index (χ2v) is 7.67. The van der Waals surface area contributed by atoms with Crippen molar-refractivity contribution in [2.45, 2.75) is 18.9 Å². The summed E-state index contributed by atoms with van der Waals surface area (Å²) in [5.41, 5.74) is 4.25. The molecule has 0 aliphatic heterocycles. The predicted octanol–water partition coefficient (Wildman–Crippen LogP) is 3.94. The normalized spacial score (nSPS) is 13.5. The first-order valence-electron chi connectivity index (χ1n) is 9.94. The Kier molecular flexibility index (Phi) is 4.51. The maximum absolute atomic E-state index is 12.4. The smallest absolute Gasteiger partial charge is 0.335 e. The zero-order valence-electron chi connectivity index (χ0n) is 16.7. The highest BCUT2D eigenvalue weighted by molar-refractivity contribution is 5.87. The fourth-order valence-corrected chi connectivity index (χ4v) is 3.92. The largest absolute Gasteiger partial charge is 0.343 e. The minimum atomic E-state index is -0.184. The number of benzene rings is 2. The van der Waals surface area contributed by atoms with E-state index in [0.29, 0.717) is 5.82 Å². The number of imidazole rings is 1. The van der Waals surface area contributed by atoms with E-state index in [2.05, 4.69) is 26.3 Å². The first-order chi connectivity index (χ1) is 14.7. The van der Waals surface area contributed by atoms with Gasteiger partial charge in [-0.3, -0.25) is 9.25 Å². The average Bonchev–Trinajstić information content (AvgIpc) is 3.22. The summed E-state index contributed by atoms with van der Waals surface area (Å²) in [4.78, 5) is 20.8. The van der Waals surface area contributed by atoms with Crippen LogP contribution in [0.25, 0.3) is 45.1 Å². The van der Waals surface area contributed by atoms with Crippen molar-refractivity contribution in [1.29, 1.82) is 0 Å². The van der Waals surface area contributed by atoms with Gasteiger partial charge in [-0.05, 0) is 18.9 Å². The molecule has 5 aromatic rings. The van der Waals surface area contributed by atoms with Gasteiger partial charge in [0, 0.05) is 29.6 Å². The number of nitrogens with zero attached hydrogens (tertiary/aromatic N) is 5. The molecule has 31 heavy (non-hydrogen) atoms. The minimum Gasteiger partial charge on any atom is -0.335 e. The highest BCUT2D eigenvalue weighted by Crippen LogP contribution is 2.39. The highest BCUT2D eigenvalue weighted by atomic mass is 35.5. The van der Waals surface area contributed by atoms with Crippen LogP contribution >= 0.6 is 12.4 Å². The lowest BCUT2D eigenvalue weighted by atomic mass is 10.1. The summed E-state index contributed by atoms with van der Waals surface area (Å²) >= 11 is 0. The van der Waals surface area contributed by atoms with Crippen molar-refractivity contribution < 1.29 is 0 Å². The number of hydrogen-bond acceptors (Lipinski definition) is 4. The third-order valence-corrected chi connectivity index (χ3v) is 5.61. The Labute approximate surface area is 183 Å². The molecule has 9 heteroatoms. The van der Waals surface area contributed by atoms with Gasteiger partial charge in [0.1, 0.15) is 17.2 Å². The summed E-state index contributed by atoms with van der Waals surface area (Å²) in [5, 5.41) is 12.4. The Morgan fingerprint density at radius 2 is 1.87 bits per heavy atom. The van der Waals surface area contributed by atoms with Crippen LogP contribution in [-0.2, 0) is 7.05 Å². The number of aromatic nitrogens is 7. The Morgan fingerprint density at radius 1 is 1.06 bits per heavy atom. The topological polar surface area (TPSA) is 97.2 Å². The van der Waals surface area contributed by atoms with Crippen LogP contribution in [0.1, 0.15) is 18.9 Å². The summed E-state index contributed by atoms with van der Waals surface area (Å²) < 4.78 is 3.59. The number of hydrogen-bond donors (Lipinski definition) is 2. The molecule has 0 atom stereocenters. The molecular weight excluding hydrogens is 414 g/mol. The van der Waals surface area contributed by atoms with Crippen LogP contribution in [0.4, 0.5) is 0 Å². The molecule has 1 aliphatic carbocycles. The molecule has 3 heterocycles. The van der Waals surface area contributed by atoms with Crippen LogP contribution in [0.2, 0.25) is 0 Å². The van der Waals surface area contributed by atoms with Gasteiger partial charge in [0.25, 0.3) is 0 Å². The molecule has 1 aliphatic rings. The van der Waals surface area contributed by atoms with Gasteiger partial charge in [-0.15, -0.1) is 12.4 Å². The van der Waals surface area contributed by atoms with Gasteiger partial charge >= 0.3 is 5.69 Å². The molecule has 0 amide bonds. The van der Waals surface area contributed by atoms with E-state index in [0.717, 1.165) is 52.1 Å². The zero-order valence-corrected chi connectivity index (χ0v) is 17.6. The lowest BCUT2D eigenvalue weighted by Crippen LogP contribution is -2.16. The molecule has 0 radical (unpaired) electrons. The molecule has 0 saturated heterocycles. The van der Waals surface area contributed by atoms with E-state index in [1.807, 2.05) is 60.4 Å². The van der Waals surface area contributed by atoms with Gasteiger partial charge in [-0.25, -0.2) is 14.9 Å². The van der Waals surface area contributed by atoms with E-state index < -0.39 is 0 Å². The average molecular weight is 434 g/mol. The maximum atomic E-state index is 12.4. The van der Waals surface area contributed by atoms with Crippen molar-refractivity contribution in [1.82, 2.24) is 34.5 Å². The SMILES string of the molecule is Cl.Cn1ncc2ccc(-c3nc(-c4ccccc4)[nH]c3-c3n[nH]c(=O)n3C3CC3)cc21. The lowest BCUT2D eigenvalue weighted by Gasteiger charge is -2.05. The van der Waals surface area contributed by atoms with E-state index in [4.69, 9.17) is 4.98 Å². The van der Waals surface area contributed by atoms with Crippen molar-refractivity contribution in [2.75, 3.05) is 0 Å². The van der Waals surface area contributed by atoms with Crippen LogP contribution in [0.5, 0.6) is 0 Å². The number of halogens is 1. The monoisotopic (exact) mass is 433 g/mol. The Hall–Kier alpha value is -3.65. The molecular formula is C22H20ClN7O. The molecule has 0 bridgehead atoms. The third kappa shape index (κ3) is 3.16.